The van der Waals surface area contributed by atoms with E-state index in [0.29, 0.717) is 12.0 Å². The molecule has 0 amide bonds. The maximum absolute atomic E-state index is 11.7. The van der Waals surface area contributed by atoms with Crippen LogP contribution in [0.3, 0.4) is 0 Å². The van der Waals surface area contributed by atoms with Crippen molar-refractivity contribution in [3.63, 3.8) is 0 Å². The number of carbonyl (C=O) groups is 1. The molecule has 1 aromatic heterocycles. The number of methoxy groups -OCH3 is 1. The van der Waals surface area contributed by atoms with Crippen LogP contribution in [-0.2, 0) is 4.74 Å². The van der Waals surface area contributed by atoms with Crippen LogP contribution in [0.25, 0.3) is 0 Å². The highest BCUT2D eigenvalue weighted by Crippen LogP contribution is 2.10. The van der Waals surface area contributed by atoms with Crippen molar-refractivity contribution in [2.45, 2.75) is 26.4 Å². The first kappa shape index (κ1) is 10.9. The predicted octanol–water partition coefficient (Wildman–Crippen LogP) is 2.00. The van der Waals surface area contributed by atoms with Crippen molar-refractivity contribution < 1.29 is 9.53 Å². The van der Waals surface area contributed by atoms with E-state index in [1.54, 1.807) is 19.5 Å². The zero-order valence-corrected chi connectivity index (χ0v) is 8.78. The topological polar surface area (TPSA) is 39.2 Å². The molecule has 0 N–H and O–H groups in total. The summed E-state index contributed by atoms with van der Waals surface area (Å²) in [5.41, 5.74) is 1.66. The normalized spacial score (nSPS) is 12.5. The molecule has 0 spiro atoms. The number of ether oxygens (including phenoxy) is 1. The van der Waals surface area contributed by atoms with Crippen LogP contribution in [0.2, 0.25) is 0 Å². The average molecular weight is 193 g/mol. The minimum absolute atomic E-state index is 0.0397. The van der Waals surface area contributed by atoms with Gasteiger partial charge in [-0.25, -0.2) is 0 Å². The molecule has 0 aliphatic carbocycles. The average Bonchev–Trinajstić information content (AvgIpc) is 2.18. The van der Waals surface area contributed by atoms with Crippen molar-refractivity contribution in [1.82, 2.24) is 4.98 Å². The molecule has 0 aromatic carbocycles. The number of hydrogen-bond donors (Lipinski definition) is 0. The van der Waals surface area contributed by atoms with E-state index in [9.17, 15) is 4.79 Å². The van der Waals surface area contributed by atoms with Gasteiger partial charge >= 0.3 is 0 Å². The second-order valence-corrected chi connectivity index (χ2v) is 3.36. The predicted molar refractivity (Wildman–Crippen MR) is 54.4 cm³/mol. The lowest BCUT2D eigenvalue weighted by Crippen LogP contribution is -2.13. The monoisotopic (exact) mass is 193 g/mol. The SMILES string of the molecule is COC(C)CC(=O)c1cnccc1C. The van der Waals surface area contributed by atoms with Crippen molar-refractivity contribution in [3.8, 4) is 0 Å². The molecule has 14 heavy (non-hydrogen) atoms. The molecule has 1 unspecified atom stereocenters. The van der Waals surface area contributed by atoms with Gasteiger partial charge in [0.2, 0.25) is 0 Å². The molecular weight excluding hydrogens is 178 g/mol. The van der Waals surface area contributed by atoms with Crippen LogP contribution in [-0.4, -0.2) is 24.0 Å². The van der Waals surface area contributed by atoms with E-state index in [4.69, 9.17) is 4.74 Å². The highest BCUT2D eigenvalue weighted by atomic mass is 16.5. The number of aromatic nitrogens is 1. The summed E-state index contributed by atoms with van der Waals surface area (Å²) in [4.78, 5) is 15.7. The fourth-order valence-electron chi connectivity index (χ4n) is 1.21. The molecule has 3 heteroatoms. The van der Waals surface area contributed by atoms with Gasteiger partial charge in [0.15, 0.2) is 5.78 Å². The van der Waals surface area contributed by atoms with Gasteiger partial charge in [-0.2, -0.15) is 0 Å². The molecule has 76 valence electrons. The summed E-state index contributed by atoms with van der Waals surface area (Å²) in [7, 11) is 1.61. The Bertz CT molecular complexity index is 323. The fraction of sp³-hybridized carbons (Fsp3) is 0.455. The molecule has 0 aliphatic heterocycles. The largest absolute Gasteiger partial charge is 0.381 e. The number of Topliss-reactive ketones (excluding diaryl/α,β-unsaturated/α-hetero) is 1. The van der Waals surface area contributed by atoms with Gasteiger partial charge in [0, 0.05) is 31.5 Å². The van der Waals surface area contributed by atoms with Crippen LogP contribution in [0.15, 0.2) is 18.5 Å². The van der Waals surface area contributed by atoms with Gasteiger partial charge in [-0.3, -0.25) is 9.78 Å². The molecule has 0 saturated carbocycles. The van der Waals surface area contributed by atoms with Crippen LogP contribution >= 0.6 is 0 Å². The first-order chi connectivity index (χ1) is 6.65. The lowest BCUT2D eigenvalue weighted by Gasteiger charge is -2.09. The van der Waals surface area contributed by atoms with Crippen LogP contribution < -0.4 is 0 Å². The number of pyridine rings is 1. The minimum atomic E-state index is -0.0397. The van der Waals surface area contributed by atoms with E-state index in [1.807, 2.05) is 19.9 Å². The lowest BCUT2D eigenvalue weighted by molar-refractivity contribution is 0.0791. The summed E-state index contributed by atoms with van der Waals surface area (Å²) in [5, 5.41) is 0. The maximum Gasteiger partial charge on any atom is 0.167 e. The molecule has 3 nitrogen and oxygen atoms in total. The van der Waals surface area contributed by atoms with E-state index in [2.05, 4.69) is 4.98 Å². The molecule has 0 saturated heterocycles. The molecule has 1 heterocycles. The molecule has 1 aromatic rings. The molecule has 0 radical (unpaired) electrons. The van der Waals surface area contributed by atoms with Crippen molar-refractivity contribution in [2.75, 3.05) is 7.11 Å². The third kappa shape index (κ3) is 2.64. The van der Waals surface area contributed by atoms with Gasteiger partial charge in [0.1, 0.15) is 0 Å². The lowest BCUT2D eigenvalue weighted by atomic mass is 10.0. The zero-order chi connectivity index (χ0) is 10.6. The van der Waals surface area contributed by atoms with Gasteiger partial charge in [0.25, 0.3) is 0 Å². The van der Waals surface area contributed by atoms with E-state index in [1.165, 1.54) is 0 Å². The Morgan fingerprint density at radius 2 is 2.36 bits per heavy atom. The third-order valence-electron chi connectivity index (χ3n) is 2.21. The quantitative estimate of drug-likeness (QED) is 0.686. The summed E-state index contributed by atoms with van der Waals surface area (Å²) in [5.74, 6) is 0.0879. The Kier molecular flexibility index (Phi) is 3.77. The van der Waals surface area contributed by atoms with Crippen LogP contribution in [0.1, 0.15) is 29.3 Å². The number of aryl methyl sites for hydroxylation is 1. The molecule has 1 rings (SSSR count). The molecular formula is C11H15NO2. The van der Waals surface area contributed by atoms with E-state index in [0.717, 1.165) is 5.56 Å². The van der Waals surface area contributed by atoms with E-state index >= 15 is 0 Å². The van der Waals surface area contributed by atoms with Gasteiger partial charge in [-0.05, 0) is 25.5 Å². The number of nitrogens with zero attached hydrogens (tertiary/aromatic N) is 1. The number of ketones is 1. The summed E-state index contributed by atoms with van der Waals surface area (Å²) >= 11 is 0. The van der Waals surface area contributed by atoms with Crippen LogP contribution in [0.4, 0.5) is 0 Å². The first-order valence-electron chi connectivity index (χ1n) is 4.61. The van der Waals surface area contributed by atoms with Crippen molar-refractivity contribution in [3.05, 3.63) is 29.6 Å². The second-order valence-electron chi connectivity index (χ2n) is 3.36. The standard InChI is InChI=1S/C11H15NO2/c1-8-4-5-12-7-10(8)11(13)6-9(2)14-3/h4-5,7,9H,6H2,1-3H3. The Morgan fingerprint density at radius 1 is 1.64 bits per heavy atom. The Morgan fingerprint density at radius 3 is 2.93 bits per heavy atom. The highest BCUT2D eigenvalue weighted by Gasteiger charge is 2.12. The van der Waals surface area contributed by atoms with E-state index < -0.39 is 0 Å². The number of carbonyl (C=O) groups excluding carboxylic acids is 1. The summed E-state index contributed by atoms with van der Waals surface area (Å²) < 4.78 is 5.04. The van der Waals surface area contributed by atoms with Crippen LogP contribution in [0, 0.1) is 6.92 Å². The van der Waals surface area contributed by atoms with E-state index in [-0.39, 0.29) is 11.9 Å². The summed E-state index contributed by atoms with van der Waals surface area (Å²) in [6.45, 7) is 3.79. The molecule has 0 fully saturated rings. The smallest absolute Gasteiger partial charge is 0.167 e. The number of hydrogen-bond acceptors (Lipinski definition) is 3. The Hall–Kier alpha value is -1.22. The molecule has 1 atom stereocenters. The van der Waals surface area contributed by atoms with Gasteiger partial charge in [-0.15, -0.1) is 0 Å². The third-order valence-corrected chi connectivity index (χ3v) is 2.21. The van der Waals surface area contributed by atoms with Gasteiger partial charge < -0.3 is 4.74 Å². The van der Waals surface area contributed by atoms with Gasteiger partial charge in [-0.1, -0.05) is 0 Å². The number of rotatable bonds is 4. The Labute approximate surface area is 84.1 Å². The molecule has 0 bridgehead atoms. The van der Waals surface area contributed by atoms with Gasteiger partial charge in [0.05, 0.1) is 6.10 Å². The fourth-order valence-corrected chi connectivity index (χ4v) is 1.21. The Balaban J connectivity index is 2.75. The summed E-state index contributed by atoms with van der Waals surface area (Å²) in [6, 6.07) is 1.84. The van der Waals surface area contributed by atoms with Crippen molar-refractivity contribution in [2.24, 2.45) is 0 Å². The second kappa shape index (κ2) is 4.86. The highest BCUT2D eigenvalue weighted by molar-refractivity contribution is 5.97. The maximum atomic E-state index is 11.7. The van der Waals surface area contributed by atoms with Crippen molar-refractivity contribution in [1.29, 1.82) is 0 Å². The van der Waals surface area contributed by atoms with Crippen LogP contribution in [0.5, 0.6) is 0 Å². The first-order valence-corrected chi connectivity index (χ1v) is 4.61. The minimum Gasteiger partial charge on any atom is -0.381 e. The summed E-state index contributed by atoms with van der Waals surface area (Å²) in [6.07, 6.45) is 3.66. The zero-order valence-electron chi connectivity index (χ0n) is 8.78. The van der Waals surface area contributed by atoms with Crippen molar-refractivity contribution >= 4 is 5.78 Å². The molecule has 0 aliphatic rings.